The van der Waals surface area contributed by atoms with Crippen LogP contribution in [-0.2, 0) is 4.79 Å². The van der Waals surface area contributed by atoms with Crippen LogP contribution in [-0.4, -0.2) is 16.1 Å². The Labute approximate surface area is 123 Å². The molecule has 2 aromatic rings. The highest BCUT2D eigenvalue weighted by atomic mass is 79.9. The van der Waals surface area contributed by atoms with E-state index in [0.717, 1.165) is 15.7 Å². The number of phenolic OH excluding ortho intramolecular Hbond substituents is 2. The van der Waals surface area contributed by atoms with Crippen molar-refractivity contribution in [2.45, 2.75) is 0 Å². The predicted molar refractivity (Wildman–Crippen MR) is 80.4 cm³/mol. The van der Waals surface area contributed by atoms with E-state index in [1.807, 2.05) is 18.2 Å². The van der Waals surface area contributed by atoms with Crippen LogP contribution in [0.15, 0.2) is 40.9 Å². The van der Waals surface area contributed by atoms with Gasteiger partial charge in [0, 0.05) is 21.2 Å². The average Bonchev–Trinajstić information content (AvgIpc) is 2.69. The first-order valence-electron chi connectivity index (χ1n) is 5.89. The molecule has 3 N–H and O–H groups in total. The Bertz CT molecular complexity index is 753. The van der Waals surface area contributed by atoms with Crippen LogP contribution in [0.2, 0.25) is 0 Å². The lowest BCUT2D eigenvalue weighted by Gasteiger charge is -2.02. The summed E-state index contributed by atoms with van der Waals surface area (Å²) in [7, 11) is 0. The number of rotatable bonds is 1. The van der Waals surface area contributed by atoms with Crippen molar-refractivity contribution in [1.82, 2.24) is 0 Å². The Balaban J connectivity index is 2.13. The maximum atomic E-state index is 12.0. The molecule has 0 saturated heterocycles. The van der Waals surface area contributed by atoms with E-state index < -0.39 is 0 Å². The molecule has 2 aromatic carbocycles. The normalized spacial score (nSPS) is 15.2. The molecule has 0 saturated carbocycles. The molecule has 20 heavy (non-hydrogen) atoms. The predicted octanol–water partition coefficient (Wildman–Crippen LogP) is 3.35. The SMILES string of the molecule is O=C1Nc2cc(Br)ccc2/C1=C\c1cc(O)ccc1O. The van der Waals surface area contributed by atoms with Crippen molar-refractivity contribution in [3.8, 4) is 11.5 Å². The number of nitrogens with one attached hydrogen (secondary N) is 1. The van der Waals surface area contributed by atoms with Gasteiger partial charge in [0.05, 0.1) is 5.69 Å². The fraction of sp³-hybridized carbons (Fsp3) is 0. The summed E-state index contributed by atoms with van der Waals surface area (Å²) < 4.78 is 0.873. The molecule has 1 heterocycles. The van der Waals surface area contributed by atoms with E-state index in [1.54, 1.807) is 6.08 Å². The number of benzene rings is 2. The number of hydrogen-bond donors (Lipinski definition) is 3. The highest BCUT2D eigenvalue weighted by Crippen LogP contribution is 2.36. The lowest BCUT2D eigenvalue weighted by molar-refractivity contribution is -0.110. The van der Waals surface area contributed by atoms with Crippen molar-refractivity contribution >= 4 is 39.2 Å². The molecule has 4 nitrogen and oxygen atoms in total. The fourth-order valence-corrected chi connectivity index (χ4v) is 2.48. The van der Waals surface area contributed by atoms with Gasteiger partial charge in [-0.15, -0.1) is 0 Å². The average molecular weight is 332 g/mol. The summed E-state index contributed by atoms with van der Waals surface area (Å²) in [6.45, 7) is 0. The van der Waals surface area contributed by atoms with Crippen molar-refractivity contribution in [2.75, 3.05) is 5.32 Å². The molecule has 1 aliphatic heterocycles. The molecular weight excluding hydrogens is 322 g/mol. The van der Waals surface area contributed by atoms with Crippen molar-refractivity contribution in [2.24, 2.45) is 0 Å². The van der Waals surface area contributed by atoms with Gasteiger partial charge in [-0.25, -0.2) is 0 Å². The van der Waals surface area contributed by atoms with E-state index in [0.29, 0.717) is 11.1 Å². The van der Waals surface area contributed by atoms with Crippen LogP contribution in [0, 0.1) is 0 Å². The molecule has 0 aliphatic carbocycles. The minimum absolute atomic E-state index is 0.00802. The Morgan fingerprint density at radius 3 is 2.70 bits per heavy atom. The maximum Gasteiger partial charge on any atom is 0.256 e. The van der Waals surface area contributed by atoms with Crippen molar-refractivity contribution in [1.29, 1.82) is 0 Å². The van der Waals surface area contributed by atoms with Gasteiger partial charge in [0.25, 0.3) is 5.91 Å². The third-order valence-electron chi connectivity index (χ3n) is 3.08. The number of amides is 1. The molecule has 100 valence electrons. The number of carbonyl (C=O) groups is 1. The van der Waals surface area contributed by atoms with E-state index in [1.165, 1.54) is 18.2 Å². The molecular formula is C15H10BrNO3. The molecule has 0 spiro atoms. The number of carbonyl (C=O) groups excluding carboxylic acids is 1. The first-order valence-corrected chi connectivity index (χ1v) is 6.69. The number of aromatic hydroxyl groups is 2. The number of fused-ring (bicyclic) bond motifs is 1. The van der Waals surface area contributed by atoms with E-state index in [4.69, 9.17) is 0 Å². The summed E-state index contributed by atoms with van der Waals surface area (Å²) in [5.74, 6) is -0.196. The summed E-state index contributed by atoms with van der Waals surface area (Å²) in [4.78, 5) is 12.0. The fourth-order valence-electron chi connectivity index (χ4n) is 2.12. The molecule has 3 rings (SSSR count). The lowest BCUT2D eigenvalue weighted by Crippen LogP contribution is -2.03. The molecule has 0 unspecified atom stereocenters. The van der Waals surface area contributed by atoms with Gasteiger partial charge in [0.1, 0.15) is 11.5 Å². The molecule has 0 fully saturated rings. The molecule has 0 radical (unpaired) electrons. The van der Waals surface area contributed by atoms with E-state index in [9.17, 15) is 15.0 Å². The lowest BCUT2D eigenvalue weighted by atomic mass is 10.0. The topological polar surface area (TPSA) is 69.6 Å². The van der Waals surface area contributed by atoms with Crippen LogP contribution >= 0.6 is 15.9 Å². The Hall–Kier alpha value is -2.27. The summed E-state index contributed by atoms with van der Waals surface area (Å²) in [6, 6.07) is 9.66. The van der Waals surface area contributed by atoms with Gasteiger partial charge < -0.3 is 15.5 Å². The van der Waals surface area contributed by atoms with Crippen LogP contribution in [0.4, 0.5) is 5.69 Å². The van der Waals surface area contributed by atoms with E-state index >= 15 is 0 Å². The van der Waals surface area contributed by atoms with Crippen LogP contribution in [0.1, 0.15) is 11.1 Å². The van der Waals surface area contributed by atoms with Crippen LogP contribution in [0.5, 0.6) is 11.5 Å². The van der Waals surface area contributed by atoms with Crippen LogP contribution in [0.25, 0.3) is 11.6 Å². The van der Waals surface area contributed by atoms with Crippen molar-refractivity contribution < 1.29 is 15.0 Å². The van der Waals surface area contributed by atoms with Gasteiger partial charge in [-0.05, 0) is 36.4 Å². The molecule has 0 bridgehead atoms. The molecule has 1 aliphatic rings. The number of hydrogen-bond acceptors (Lipinski definition) is 3. The van der Waals surface area contributed by atoms with Gasteiger partial charge in [0.15, 0.2) is 0 Å². The Kier molecular flexibility index (Phi) is 2.99. The van der Waals surface area contributed by atoms with Crippen LogP contribution in [0.3, 0.4) is 0 Å². The summed E-state index contributed by atoms with van der Waals surface area (Å²) in [6.07, 6.45) is 1.56. The number of phenols is 2. The Morgan fingerprint density at radius 2 is 1.90 bits per heavy atom. The maximum absolute atomic E-state index is 12.0. The highest BCUT2D eigenvalue weighted by Gasteiger charge is 2.24. The van der Waals surface area contributed by atoms with Gasteiger partial charge in [0.2, 0.25) is 0 Å². The number of anilines is 1. The van der Waals surface area contributed by atoms with E-state index in [2.05, 4.69) is 21.2 Å². The minimum atomic E-state index is -0.235. The van der Waals surface area contributed by atoms with Gasteiger partial charge in [-0.1, -0.05) is 22.0 Å². The Morgan fingerprint density at radius 1 is 1.10 bits per heavy atom. The summed E-state index contributed by atoms with van der Waals surface area (Å²) in [5, 5.41) is 22.0. The van der Waals surface area contributed by atoms with Crippen LogP contribution < -0.4 is 5.32 Å². The smallest absolute Gasteiger partial charge is 0.256 e. The standard InChI is InChI=1S/C15H10BrNO3/c16-9-1-3-11-12(15(20)17-13(11)7-9)6-8-5-10(18)2-4-14(8)19/h1-7,18-19H,(H,17,20)/b12-6+. The van der Waals surface area contributed by atoms with Gasteiger partial charge in [-0.3, -0.25) is 4.79 Å². The summed E-state index contributed by atoms with van der Waals surface area (Å²) in [5.41, 5.74) is 2.33. The van der Waals surface area contributed by atoms with Crippen molar-refractivity contribution in [3.05, 3.63) is 52.0 Å². The van der Waals surface area contributed by atoms with Crippen molar-refractivity contribution in [3.63, 3.8) is 0 Å². The monoisotopic (exact) mass is 331 g/mol. The molecule has 1 amide bonds. The second kappa shape index (κ2) is 4.68. The number of halogens is 1. The largest absolute Gasteiger partial charge is 0.508 e. The second-order valence-corrected chi connectivity index (χ2v) is 5.36. The first-order chi connectivity index (χ1) is 9.54. The van der Waals surface area contributed by atoms with Gasteiger partial charge >= 0.3 is 0 Å². The third-order valence-corrected chi connectivity index (χ3v) is 3.57. The highest BCUT2D eigenvalue weighted by molar-refractivity contribution is 9.10. The molecule has 0 atom stereocenters. The minimum Gasteiger partial charge on any atom is -0.508 e. The second-order valence-electron chi connectivity index (χ2n) is 4.45. The first kappa shape index (κ1) is 12.7. The quantitative estimate of drug-likeness (QED) is 0.554. The summed E-state index contributed by atoms with van der Waals surface area (Å²) >= 11 is 3.35. The zero-order chi connectivity index (χ0) is 14.3. The zero-order valence-corrected chi connectivity index (χ0v) is 11.8. The zero-order valence-electron chi connectivity index (χ0n) is 10.2. The third kappa shape index (κ3) is 2.16. The van der Waals surface area contributed by atoms with E-state index in [-0.39, 0.29) is 17.4 Å². The molecule has 5 heteroatoms. The van der Waals surface area contributed by atoms with Gasteiger partial charge in [-0.2, -0.15) is 0 Å². The molecule has 0 aromatic heterocycles.